The van der Waals surface area contributed by atoms with Crippen LogP contribution in [0.5, 0.6) is 5.75 Å². The van der Waals surface area contributed by atoms with Gasteiger partial charge in [-0.2, -0.15) is 9.65 Å². The fraction of sp³-hybridized carbons (Fsp3) is 0.125. The molecule has 68 valence electrons. The maximum atomic E-state index is 13.0. The third-order valence-corrected chi connectivity index (χ3v) is 2.08. The van der Waals surface area contributed by atoms with Crippen LogP contribution < -0.4 is 4.74 Å². The predicted octanol–water partition coefficient (Wildman–Crippen LogP) is 2.61. The van der Waals surface area contributed by atoms with E-state index < -0.39 is 11.6 Å². The second kappa shape index (κ2) is 3.71. The van der Waals surface area contributed by atoms with E-state index in [1.807, 2.05) is 0 Å². The minimum atomic E-state index is -1.20. The van der Waals surface area contributed by atoms with Crippen LogP contribution in [-0.2, 0) is 0 Å². The van der Waals surface area contributed by atoms with E-state index in [4.69, 9.17) is 5.26 Å². The van der Waals surface area contributed by atoms with Crippen molar-refractivity contribution in [3.8, 4) is 11.8 Å². The highest BCUT2D eigenvalue weighted by Gasteiger charge is 2.17. The van der Waals surface area contributed by atoms with Crippen molar-refractivity contribution in [1.29, 1.82) is 5.26 Å². The molecular weight excluding hydrogens is 244 g/mol. The maximum Gasteiger partial charge on any atom is 0.202 e. The van der Waals surface area contributed by atoms with Crippen LogP contribution in [0.1, 0.15) is 5.56 Å². The van der Waals surface area contributed by atoms with Crippen LogP contribution >= 0.6 is 15.9 Å². The Labute approximate surface area is 81.9 Å². The van der Waals surface area contributed by atoms with Gasteiger partial charge in [0.25, 0.3) is 0 Å². The summed E-state index contributed by atoms with van der Waals surface area (Å²) in [6.07, 6.45) is 0. The molecule has 0 heterocycles. The zero-order valence-electron chi connectivity index (χ0n) is 6.57. The summed E-state index contributed by atoms with van der Waals surface area (Å²) in [5.41, 5.74) is -0.363. The fourth-order valence-electron chi connectivity index (χ4n) is 0.824. The van der Waals surface area contributed by atoms with E-state index in [0.717, 1.165) is 0 Å². The first kappa shape index (κ1) is 9.93. The molecule has 1 aromatic rings. The highest BCUT2D eigenvalue weighted by atomic mass is 79.9. The summed E-state index contributed by atoms with van der Waals surface area (Å²) in [6, 6.07) is 2.74. The van der Waals surface area contributed by atoms with Gasteiger partial charge >= 0.3 is 0 Å². The van der Waals surface area contributed by atoms with E-state index in [-0.39, 0.29) is 15.8 Å². The summed E-state index contributed by atoms with van der Waals surface area (Å²) in [4.78, 5) is 0. The second-order valence-electron chi connectivity index (χ2n) is 2.18. The molecule has 2 nitrogen and oxygen atoms in total. The quantitative estimate of drug-likeness (QED) is 0.715. The summed E-state index contributed by atoms with van der Waals surface area (Å²) in [6.45, 7) is 0. The lowest BCUT2D eigenvalue weighted by atomic mass is 10.2. The van der Waals surface area contributed by atoms with Crippen LogP contribution in [0.15, 0.2) is 10.5 Å². The number of hydrogen-bond acceptors (Lipinski definition) is 2. The molecule has 1 rings (SSSR count). The molecule has 0 bridgehead atoms. The number of methoxy groups -OCH3 is 1. The second-order valence-corrected chi connectivity index (χ2v) is 3.03. The van der Waals surface area contributed by atoms with E-state index in [1.54, 1.807) is 0 Å². The molecule has 0 aliphatic carbocycles. The number of rotatable bonds is 1. The molecule has 0 spiro atoms. The molecule has 1 aromatic carbocycles. The molecule has 0 amide bonds. The Bertz CT molecular complexity index is 386. The van der Waals surface area contributed by atoms with Crippen molar-refractivity contribution in [3.05, 3.63) is 27.7 Å². The lowest BCUT2D eigenvalue weighted by Crippen LogP contribution is -1.96. The summed E-state index contributed by atoms with van der Waals surface area (Å²) in [5.74, 6) is -2.58. The van der Waals surface area contributed by atoms with Gasteiger partial charge in [0.1, 0.15) is 11.6 Å². The first-order chi connectivity index (χ1) is 6.11. The number of halogens is 3. The lowest BCUT2D eigenvalue weighted by Gasteiger charge is -2.04. The van der Waals surface area contributed by atoms with Crippen LogP contribution in [0, 0.1) is 23.0 Å². The number of nitrogens with zero attached hydrogens (tertiary/aromatic N) is 1. The Morgan fingerprint density at radius 1 is 1.46 bits per heavy atom. The Kier molecular flexibility index (Phi) is 2.83. The van der Waals surface area contributed by atoms with E-state index in [9.17, 15) is 8.78 Å². The average molecular weight is 248 g/mol. The van der Waals surface area contributed by atoms with Gasteiger partial charge in [0.05, 0.1) is 7.11 Å². The monoisotopic (exact) mass is 247 g/mol. The molecule has 5 heteroatoms. The van der Waals surface area contributed by atoms with Gasteiger partial charge in [-0.05, 0) is 22.0 Å². The van der Waals surface area contributed by atoms with E-state index in [0.29, 0.717) is 0 Å². The third-order valence-electron chi connectivity index (χ3n) is 1.46. The van der Waals surface area contributed by atoms with E-state index in [2.05, 4.69) is 20.7 Å². The molecule has 0 saturated carbocycles. The molecule has 0 fully saturated rings. The van der Waals surface area contributed by atoms with Gasteiger partial charge in [0, 0.05) is 4.47 Å². The van der Waals surface area contributed by atoms with Crippen LogP contribution in [-0.4, -0.2) is 7.11 Å². The molecule has 0 aromatic heterocycles. The fourth-order valence-corrected chi connectivity index (χ4v) is 1.30. The third kappa shape index (κ3) is 1.63. The van der Waals surface area contributed by atoms with Crippen molar-refractivity contribution in [2.45, 2.75) is 0 Å². The van der Waals surface area contributed by atoms with Crippen LogP contribution in [0.4, 0.5) is 8.78 Å². The number of hydrogen-bond donors (Lipinski definition) is 0. The zero-order chi connectivity index (χ0) is 10.0. The number of nitriles is 1. The highest BCUT2D eigenvalue weighted by Crippen LogP contribution is 2.29. The average Bonchev–Trinajstić information content (AvgIpc) is 2.12. The number of benzene rings is 1. The van der Waals surface area contributed by atoms with Crippen molar-refractivity contribution in [2.75, 3.05) is 7.11 Å². The van der Waals surface area contributed by atoms with Crippen molar-refractivity contribution in [3.63, 3.8) is 0 Å². The van der Waals surface area contributed by atoms with Gasteiger partial charge in [-0.15, -0.1) is 0 Å². The first-order valence-electron chi connectivity index (χ1n) is 3.23. The smallest absolute Gasteiger partial charge is 0.202 e. The summed E-state index contributed by atoms with van der Waals surface area (Å²) in [5, 5.41) is 8.46. The van der Waals surface area contributed by atoms with Crippen molar-refractivity contribution in [2.24, 2.45) is 0 Å². The largest absolute Gasteiger partial charge is 0.494 e. The van der Waals surface area contributed by atoms with Crippen LogP contribution in [0.3, 0.4) is 0 Å². The maximum absolute atomic E-state index is 13.0. The SMILES string of the molecule is COc1cc(Br)c(C#N)c(F)c1F. The van der Waals surface area contributed by atoms with Crippen molar-refractivity contribution >= 4 is 15.9 Å². The molecule has 13 heavy (non-hydrogen) atoms. The van der Waals surface area contributed by atoms with Crippen molar-refractivity contribution < 1.29 is 13.5 Å². The molecule has 0 radical (unpaired) electrons. The first-order valence-corrected chi connectivity index (χ1v) is 4.02. The van der Waals surface area contributed by atoms with Gasteiger partial charge in [-0.1, -0.05) is 0 Å². The minimum Gasteiger partial charge on any atom is -0.494 e. The van der Waals surface area contributed by atoms with Crippen molar-refractivity contribution in [1.82, 2.24) is 0 Å². The molecular formula is C8H4BrF2NO. The summed E-state index contributed by atoms with van der Waals surface area (Å²) in [7, 11) is 1.22. The summed E-state index contributed by atoms with van der Waals surface area (Å²) < 4.78 is 30.7. The molecule has 0 aliphatic heterocycles. The van der Waals surface area contributed by atoms with Gasteiger partial charge in [-0.25, -0.2) is 4.39 Å². The Hall–Kier alpha value is -1.15. The van der Waals surface area contributed by atoms with Gasteiger partial charge in [0.2, 0.25) is 5.82 Å². The predicted molar refractivity (Wildman–Crippen MR) is 45.3 cm³/mol. The Balaban J connectivity index is 3.48. The summed E-state index contributed by atoms with van der Waals surface area (Å²) >= 11 is 2.92. The number of ether oxygens (including phenoxy) is 1. The minimum absolute atomic E-state index is 0.172. The molecule has 0 atom stereocenters. The standard InChI is InChI=1S/C8H4BrF2NO/c1-13-6-2-5(9)4(3-12)7(10)8(6)11/h2H,1H3. The van der Waals surface area contributed by atoms with Gasteiger partial charge in [0.15, 0.2) is 11.6 Å². The molecule has 0 aliphatic rings. The Morgan fingerprint density at radius 3 is 2.54 bits per heavy atom. The van der Waals surface area contributed by atoms with E-state index in [1.165, 1.54) is 19.2 Å². The van der Waals surface area contributed by atoms with Crippen LogP contribution in [0.25, 0.3) is 0 Å². The zero-order valence-corrected chi connectivity index (χ0v) is 8.15. The molecule has 0 saturated heterocycles. The van der Waals surface area contributed by atoms with Gasteiger partial charge in [-0.3, -0.25) is 0 Å². The molecule has 0 N–H and O–H groups in total. The van der Waals surface area contributed by atoms with E-state index >= 15 is 0 Å². The highest BCUT2D eigenvalue weighted by molar-refractivity contribution is 9.10. The Morgan fingerprint density at radius 2 is 2.08 bits per heavy atom. The van der Waals surface area contributed by atoms with Crippen LogP contribution in [0.2, 0.25) is 0 Å². The van der Waals surface area contributed by atoms with Gasteiger partial charge < -0.3 is 4.74 Å². The lowest BCUT2D eigenvalue weighted by molar-refractivity contribution is 0.371. The topological polar surface area (TPSA) is 33.0 Å². The normalized spacial score (nSPS) is 9.46. The molecule has 0 unspecified atom stereocenters.